The van der Waals surface area contributed by atoms with E-state index in [-0.39, 0.29) is 0 Å². The highest BCUT2D eigenvalue weighted by Crippen LogP contribution is 2.32. The lowest BCUT2D eigenvalue weighted by Gasteiger charge is -2.19. The number of benzene rings is 1. The minimum atomic E-state index is 0.346. The Bertz CT molecular complexity index is 551. The van der Waals surface area contributed by atoms with Gasteiger partial charge in [-0.1, -0.05) is 18.2 Å². The van der Waals surface area contributed by atoms with Crippen LogP contribution in [0.3, 0.4) is 0 Å². The van der Waals surface area contributed by atoms with Crippen LogP contribution in [0.1, 0.15) is 23.2 Å². The molecule has 1 unspecified atom stereocenters. The number of nitrogens with zero attached hydrogens (tertiary/aromatic N) is 1. The number of fused-ring (bicyclic) bond motifs is 3. The fraction of sp³-hybridized carbons (Fsp3) is 0.429. The summed E-state index contributed by atoms with van der Waals surface area (Å²) in [5.74, 6) is 0. The van der Waals surface area contributed by atoms with Crippen LogP contribution < -0.4 is 5.73 Å². The van der Waals surface area contributed by atoms with E-state index in [9.17, 15) is 0 Å². The molecule has 2 aromatic rings. The monoisotopic (exact) mass is 214 g/mol. The van der Waals surface area contributed by atoms with Gasteiger partial charge >= 0.3 is 0 Å². The van der Waals surface area contributed by atoms with Crippen LogP contribution in [0, 0.1) is 6.92 Å². The highest BCUT2D eigenvalue weighted by Gasteiger charge is 2.22. The quantitative estimate of drug-likeness (QED) is 0.716. The van der Waals surface area contributed by atoms with E-state index in [2.05, 4.69) is 36.7 Å². The van der Waals surface area contributed by atoms with Gasteiger partial charge in [0.2, 0.25) is 0 Å². The summed E-state index contributed by atoms with van der Waals surface area (Å²) >= 11 is 0. The van der Waals surface area contributed by atoms with Gasteiger partial charge in [0.25, 0.3) is 0 Å². The van der Waals surface area contributed by atoms with E-state index in [1.54, 1.807) is 0 Å². The minimum absolute atomic E-state index is 0.346. The molecule has 3 rings (SSSR count). The maximum absolute atomic E-state index is 6.08. The Morgan fingerprint density at radius 1 is 1.38 bits per heavy atom. The summed E-state index contributed by atoms with van der Waals surface area (Å²) in [6, 6.07) is 6.92. The average Bonchev–Trinajstić information content (AvgIpc) is 2.54. The largest absolute Gasteiger partial charge is 0.347 e. The molecule has 1 aromatic heterocycles. The van der Waals surface area contributed by atoms with E-state index in [0.29, 0.717) is 6.04 Å². The van der Waals surface area contributed by atoms with Crippen LogP contribution >= 0.6 is 0 Å². The molecule has 0 saturated carbocycles. The van der Waals surface area contributed by atoms with Gasteiger partial charge in [0.05, 0.1) is 5.52 Å². The van der Waals surface area contributed by atoms with Crippen LogP contribution in [-0.4, -0.2) is 10.6 Å². The fourth-order valence-electron chi connectivity index (χ4n) is 3.07. The molecule has 0 fully saturated rings. The molecule has 0 spiro atoms. The summed E-state index contributed by atoms with van der Waals surface area (Å²) in [5, 5.41) is 1.41. The van der Waals surface area contributed by atoms with Crippen molar-refractivity contribution in [1.29, 1.82) is 0 Å². The normalized spacial score (nSPS) is 20.1. The van der Waals surface area contributed by atoms with Crippen LogP contribution in [0.25, 0.3) is 10.9 Å². The topological polar surface area (TPSA) is 30.9 Å². The van der Waals surface area contributed by atoms with E-state index in [4.69, 9.17) is 5.73 Å². The predicted octanol–water partition coefficient (Wildman–Crippen LogP) is 2.30. The lowest BCUT2D eigenvalue weighted by Crippen LogP contribution is -2.28. The number of hydrogen-bond donors (Lipinski definition) is 1. The van der Waals surface area contributed by atoms with Crippen molar-refractivity contribution in [3.63, 3.8) is 0 Å². The molecule has 0 saturated heterocycles. The summed E-state index contributed by atoms with van der Waals surface area (Å²) in [5.41, 5.74) is 11.8. The lowest BCUT2D eigenvalue weighted by molar-refractivity contribution is 0.562. The molecule has 2 heteroatoms. The third kappa shape index (κ3) is 1.23. The molecule has 1 heterocycles. The van der Waals surface area contributed by atoms with Gasteiger partial charge in [0.15, 0.2) is 0 Å². The van der Waals surface area contributed by atoms with E-state index in [1.165, 1.54) is 27.7 Å². The number of rotatable bonds is 0. The smallest absolute Gasteiger partial charge is 0.0512 e. The molecular formula is C14H18N2. The standard InChI is InChI=1S/C14H18N2/c1-9-4-3-5-11-12-8-10(15)6-7-13(12)16(2)14(9)11/h3-5,10H,6-8,15H2,1-2H3. The second-order valence-corrected chi connectivity index (χ2v) is 4.96. The highest BCUT2D eigenvalue weighted by molar-refractivity contribution is 5.88. The van der Waals surface area contributed by atoms with E-state index < -0.39 is 0 Å². The third-order valence-electron chi connectivity index (χ3n) is 3.87. The Hall–Kier alpha value is -1.28. The van der Waals surface area contributed by atoms with Crippen molar-refractivity contribution >= 4 is 10.9 Å². The van der Waals surface area contributed by atoms with Gasteiger partial charge in [-0.25, -0.2) is 0 Å². The predicted molar refractivity (Wildman–Crippen MR) is 67.7 cm³/mol. The molecule has 0 bridgehead atoms. The fourth-order valence-corrected chi connectivity index (χ4v) is 3.07. The Kier molecular flexibility index (Phi) is 2.08. The zero-order chi connectivity index (χ0) is 11.3. The number of hydrogen-bond acceptors (Lipinski definition) is 1. The molecule has 0 aliphatic heterocycles. The minimum Gasteiger partial charge on any atom is -0.347 e. The Morgan fingerprint density at radius 3 is 3.00 bits per heavy atom. The van der Waals surface area contributed by atoms with Gasteiger partial charge in [0.1, 0.15) is 0 Å². The van der Waals surface area contributed by atoms with Crippen molar-refractivity contribution in [2.75, 3.05) is 0 Å². The molecule has 16 heavy (non-hydrogen) atoms. The first-order valence-corrected chi connectivity index (χ1v) is 6.00. The average molecular weight is 214 g/mol. The molecule has 0 radical (unpaired) electrons. The van der Waals surface area contributed by atoms with Crippen LogP contribution in [0.5, 0.6) is 0 Å². The summed E-state index contributed by atoms with van der Waals surface area (Å²) in [4.78, 5) is 0. The lowest BCUT2D eigenvalue weighted by atomic mass is 9.92. The van der Waals surface area contributed by atoms with Crippen molar-refractivity contribution in [2.45, 2.75) is 32.2 Å². The van der Waals surface area contributed by atoms with Gasteiger partial charge in [-0.2, -0.15) is 0 Å². The summed E-state index contributed by atoms with van der Waals surface area (Å²) < 4.78 is 2.37. The summed E-state index contributed by atoms with van der Waals surface area (Å²) in [7, 11) is 2.19. The third-order valence-corrected chi connectivity index (χ3v) is 3.87. The maximum atomic E-state index is 6.08. The summed E-state index contributed by atoms with van der Waals surface area (Å²) in [6.45, 7) is 2.19. The number of aromatic nitrogens is 1. The number of aryl methyl sites for hydroxylation is 2. The van der Waals surface area contributed by atoms with Gasteiger partial charge in [-0.3, -0.25) is 0 Å². The van der Waals surface area contributed by atoms with Crippen molar-refractivity contribution in [1.82, 2.24) is 4.57 Å². The highest BCUT2D eigenvalue weighted by atomic mass is 15.0. The van der Waals surface area contributed by atoms with Gasteiger partial charge in [-0.15, -0.1) is 0 Å². The Balaban J connectivity index is 2.36. The number of nitrogens with two attached hydrogens (primary N) is 1. The number of para-hydroxylation sites is 1. The molecule has 1 aromatic carbocycles. The van der Waals surface area contributed by atoms with Crippen LogP contribution in [0.2, 0.25) is 0 Å². The first-order chi connectivity index (χ1) is 7.68. The van der Waals surface area contributed by atoms with E-state index in [1.807, 2.05) is 0 Å². The molecule has 2 nitrogen and oxygen atoms in total. The van der Waals surface area contributed by atoms with Gasteiger partial charge in [-0.05, 0) is 37.3 Å². The zero-order valence-corrected chi connectivity index (χ0v) is 9.96. The molecule has 1 aliphatic carbocycles. The summed E-state index contributed by atoms with van der Waals surface area (Å²) in [6.07, 6.45) is 3.29. The molecule has 0 amide bonds. The SMILES string of the molecule is Cc1cccc2c3c(n(C)c12)CCC(N)C3. The van der Waals surface area contributed by atoms with Crippen molar-refractivity contribution in [2.24, 2.45) is 12.8 Å². The molecule has 2 N–H and O–H groups in total. The van der Waals surface area contributed by atoms with E-state index in [0.717, 1.165) is 19.3 Å². The molecule has 1 atom stereocenters. The van der Waals surface area contributed by atoms with Crippen LogP contribution in [0.15, 0.2) is 18.2 Å². The Morgan fingerprint density at radius 2 is 2.19 bits per heavy atom. The van der Waals surface area contributed by atoms with Crippen molar-refractivity contribution < 1.29 is 0 Å². The first kappa shape index (κ1) is 9.91. The van der Waals surface area contributed by atoms with Crippen molar-refractivity contribution in [3.05, 3.63) is 35.0 Å². The van der Waals surface area contributed by atoms with Crippen LogP contribution in [-0.2, 0) is 19.9 Å². The van der Waals surface area contributed by atoms with Gasteiger partial charge < -0.3 is 10.3 Å². The second kappa shape index (κ2) is 3.36. The molecule has 84 valence electrons. The van der Waals surface area contributed by atoms with Crippen LogP contribution in [0.4, 0.5) is 0 Å². The molecule has 1 aliphatic rings. The second-order valence-electron chi connectivity index (χ2n) is 4.96. The maximum Gasteiger partial charge on any atom is 0.0512 e. The van der Waals surface area contributed by atoms with Gasteiger partial charge in [0, 0.05) is 24.2 Å². The molecular weight excluding hydrogens is 196 g/mol. The first-order valence-electron chi connectivity index (χ1n) is 6.00. The Labute approximate surface area is 96.1 Å². The van der Waals surface area contributed by atoms with Crippen molar-refractivity contribution in [3.8, 4) is 0 Å². The zero-order valence-electron chi connectivity index (χ0n) is 9.96. The van der Waals surface area contributed by atoms with E-state index >= 15 is 0 Å².